The van der Waals surface area contributed by atoms with Gasteiger partial charge < -0.3 is 10.3 Å². The maximum Gasteiger partial charge on any atom is 0.240 e. The van der Waals surface area contributed by atoms with E-state index < -0.39 is 0 Å². The minimum Gasteiger partial charge on any atom is -0.355 e. The van der Waals surface area contributed by atoms with E-state index >= 15 is 0 Å². The number of aromatic amines is 1. The molecule has 0 unspecified atom stereocenters. The number of pyridine rings is 1. The summed E-state index contributed by atoms with van der Waals surface area (Å²) in [6.07, 6.45) is 2.61. The summed E-state index contributed by atoms with van der Waals surface area (Å²) in [5, 5.41) is 2.81. The van der Waals surface area contributed by atoms with Crippen molar-refractivity contribution < 1.29 is 4.79 Å². The Morgan fingerprint density at radius 1 is 1.65 bits per heavy atom. The van der Waals surface area contributed by atoms with E-state index in [0.29, 0.717) is 17.0 Å². The van der Waals surface area contributed by atoms with Crippen molar-refractivity contribution in [1.29, 1.82) is 0 Å². The highest BCUT2D eigenvalue weighted by Gasteiger charge is 2.08. The van der Waals surface area contributed by atoms with Gasteiger partial charge in [0.25, 0.3) is 0 Å². The third kappa shape index (κ3) is 2.52. The van der Waals surface area contributed by atoms with E-state index in [-0.39, 0.29) is 12.5 Å². The first-order valence-corrected chi connectivity index (χ1v) is 5.93. The van der Waals surface area contributed by atoms with Crippen LogP contribution < -0.4 is 5.32 Å². The van der Waals surface area contributed by atoms with Crippen molar-refractivity contribution in [2.75, 3.05) is 6.54 Å². The van der Waals surface area contributed by atoms with Crippen LogP contribution in [0.2, 0.25) is 0 Å². The number of carbonyl (C=O) groups excluding carboxylic acids is 1. The lowest BCUT2D eigenvalue weighted by atomic mass is 10.4. The van der Waals surface area contributed by atoms with Crippen LogP contribution in [0.5, 0.6) is 0 Å². The summed E-state index contributed by atoms with van der Waals surface area (Å²) in [4.78, 5) is 18.9. The zero-order valence-corrected chi connectivity index (χ0v) is 10.4. The van der Waals surface area contributed by atoms with Gasteiger partial charge in [0.05, 0.1) is 5.52 Å². The second kappa shape index (κ2) is 5.09. The molecule has 0 saturated carbocycles. The molecule has 90 valence electrons. The van der Waals surface area contributed by atoms with Gasteiger partial charge in [-0.1, -0.05) is 6.92 Å². The maximum absolute atomic E-state index is 11.6. The van der Waals surface area contributed by atoms with Crippen LogP contribution in [-0.2, 0) is 11.3 Å². The lowest BCUT2D eigenvalue weighted by molar-refractivity contribution is -0.121. The molecule has 0 bridgehead atoms. The molecule has 0 atom stereocenters. The number of fused-ring (bicyclic) bond motifs is 1. The smallest absolute Gasteiger partial charge is 0.240 e. The summed E-state index contributed by atoms with van der Waals surface area (Å²) >= 11 is 5.17. The largest absolute Gasteiger partial charge is 0.355 e. The first kappa shape index (κ1) is 11.8. The summed E-state index contributed by atoms with van der Waals surface area (Å²) < 4.78 is 2.22. The molecule has 0 saturated heterocycles. The number of nitrogens with zero attached hydrogens (tertiary/aromatic N) is 2. The fraction of sp³-hybridized carbons (Fsp3) is 0.364. The summed E-state index contributed by atoms with van der Waals surface area (Å²) in [5.41, 5.74) is 1.56. The van der Waals surface area contributed by atoms with Crippen LogP contribution in [-0.4, -0.2) is 27.0 Å². The SMILES string of the molecule is CCCNC(=O)Cn1c(=S)[nH]c2cccnc21. The quantitative estimate of drug-likeness (QED) is 0.811. The maximum atomic E-state index is 11.6. The van der Waals surface area contributed by atoms with Gasteiger partial charge in [0.15, 0.2) is 10.4 Å². The molecule has 0 aliphatic heterocycles. The molecule has 2 N–H and O–H groups in total. The van der Waals surface area contributed by atoms with Gasteiger partial charge in [-0.25, -0.2) is 4.98 Å². The van der Waals surface area contributed by atoms with Crippen LogP contribution in [0, 0.1) is 4.77 Å². The van der Waals surface area contributed by atoms with Gasteiger partial charge in [-0.15, -0.1) is 0 Å². The Hall–Kier alpha value is -1.69. The molecule has 0 aliphatic rings. The Morgan fingerprint density at radius 3 is 3.24 bits per heavy atom. The molecular formula is C11H14N4OS. The average molecular weight is 250 g/mol. The predicted molar refractivity (Wildman–Crippen MR) is 68.2 cm³/mol. The third-order valence-corrected chi connectivity index (χ3v) is 2.73. The highest BCUT2D eigenvalue weighted by Crippen LogP contribution is 2.09. The summed E-state index contributed by atoms with van der Waals surface area (Å²) in [7, 11) is 0. The standard InChI is InChI=1S/C11H14N4OS/c1-2-5-12-9(16)7-15-10-8(14-11(15)17)4-3-6-13-10/h3-4,6H,2,5,7H2,1H3,(H,12,16)(H,14,17). The van der Waals surface area contributed by atoms with Crippen LogP contribution in [0.1, 0.15) is 13.3 Å². The molecule has 0 aromatic carbocycles. The van der Waals surface area contributed by atoms with E-state index in [9.17, 15) is 4.79 Å². The average Bonchev–Trinajstić information content (AvgIpc) is 2.64. The van der Waals surface area contributed by atoms with Crippen LogP contribution in [0.3, 0.4) is 0 Å². The first-order valence-electron chi connectivity index (χ1n) is 5.52. The van der Waals surface area contributed by atoms with E-state index in [1.807, 2.05) is 19.1 Å². The molecular weight excluding hydrogens is 236 g/mol. The Morgan fingerprint density at radius 2 is 2.47 bits per heavy atom. The van der Waals surface area contributed by atoms with E-state index in [0.717, 1.165) is 11.9 Å². The second-order valence-corrected chi connectivity index (χ2v) is 4.13. The van der Waals surface area contributed by atoms with Gasteiger partial charge in [0.1, 0.15) is 6.54 Å². The molecule has 1 amide bonds. The molecule has 2 aromatic rings. The molecule has 2 aromatic heterocycles. The van der Waals surface area contributed by atoms with Gasteiger partial charge in [0, 0.05) is 12.7 Å². The summed E-state index contributed by atoms with van der Waals surface area (Å²) in [6.45, 7) is 2.90. The van der Waals surface area contributed by atoms with Crippen molar-refractivity contribution in [3.63, 3.8) is 0 Å². The number of amides is 1. The van der Waals surface area contributed by atoms with Gasteiger partial charge in [-0.2, -0.15) is 0 Å². The third-order valence-electron chi connectivity index (χ3n) is 2.40. The van der Waals surface area contributed by atoms with Crippen LogP contribution in [0.4, 0.5) is 0 Å². The topological polar surface area (TPSA) is 62.7 Å². The second-order valence-electron chi connectivity index (χ2n) is 3.74. The highest BCUT2D eigenvalue weighted by atomic mass is 32.1. The summed E-state index contributed by atoms with van der Waals surface area (Å²) in [5.74, 6) is -0.0468. The summed E-state index contributed by atoms with van der Waals surface area (Å²) in [6, 6.07) is 3.72. The minimum absolute atomic E-state index is 0.0468. The molecule has 5 nitrogen and oxygen atoms in total. The Kier molecular flexibility index (Phi) is 3.53. The number of hydrogen-bond donors (Lipinski definition) is 2. The Balaban J connectivity index is 2.26. The number of carbonyl (C=O) groups is 1. The normalized spacial score (nSPS) is 10.6. The van der Waals surface area contributed by atoms with Gasteiger partial charge in [-0.3, -0.25) is 9.36 Å². The Bertz CT molecular complexity index is 586. The van der Waals surface area contributed by atoms with Crippen molar-refractivity contribution in [1.82, 2.24) is 19.9 Å². The monoisotopic (exact) mass is 250 g/mol. The van der Waals surface area contributed by atoms with Crippen molar-refractivity contribution in [3.8, 4) is 0 Å². The predicted octanol–water partition coefficient (Wildman–Crippen LogP) is 1.62. The van der Waals surface area contributed by atoms with E-state index in [1.165, 1.54) is 0 Å². The fourth-order valence-corrected chi connectivity index (χ4v) is 1.86. The molecule has 2 rings (SSSR count). The highest BCUT2D eigenvalue weighted by molar-refractivity contribution is 7.71. The molecule has 2 heterocycles. The van der Waals surface area contributed by atoms with Crippen molar-refractivity contribution in [2.45, 2.75) is 19.9 Å². The van der Waals surface area contributed by atoms with E-state index in [1.54, 1.807) is 10.8 Å². The van der Waals surface area contributed by atoms with Crippen molar-refractivity contribution >= 4 is 29.3 Å². The van der Waals surface area contributed by atoms with Crippen LogP contribution >= 0.6 is 12.2 Å². The number of nitrogens with one attached hydrogen (secondary N) is 2. The minimum atomic E-state index is -0.0468. The molecule has 0 aliphatic carbocycles. The number of rotatable bonds is 4. The van der Waals surface area contributed by atoms with E-state index in [2.05, 4.69) is 15.3 Å². The lowest BCUT2D eigenvalue weighted by Gasteiger charge is -2.04. The van der Waals surface area contributed by atoms with Crippen molar-refractivity contribution in [2.24, 2.45) is 0 Å². The van der Waals surface area contributed by atoms with Gasteiger partial charge in [-0.05, 0) is 30.8 Å². The molecule has 0 spiro atoms. The molecule has 17 heavy (non-hydrogen) atoms. The first-order chi connectivity index (χ1) is 8.22. The Labute approximate surface area is 104 Å². The molecule has 6 heteroatoms. The zero-order valence-electron chi connectivity index (χ0n) is 9.56. The fourth-order valence-electron chi connectivity index (χ4n) is 1.60. The van der Waals surface area contributed by atoms with Crippen molar-refractivity contribution in [3.05, 3.63) is 23.1 Å². The lowest BCUT2D eigenvalue weighted by Crippen LogP contribution is -2.28. The number of hydrogen-bond acceptors (Lipinski definition) is 3. The van der Waals surface area contributed by atoms with E-state index in [4.69, 9.17) is 12.2 Å². The van der Waals surface area contributed by atoms with Crippen LogP contribution in [0.15, 0.2) is 18.3 Å². The number of H-pyrrole nitrogens is 1. The van der Waals surface area contributed by atoms with Gasteiger partial charge in [0.2, 0.25) is 5.91 Å². The number of imidazole rings is 1. The van der Waals surface area contributed by atoms with Crippen LogP contribution in [0.25, 0.3) is 11.2 Å². The zero-order chi connectivity index (χ0) is 12.3. The van der Waals surface area contributed by atoms with Gasteiger partial charge >= 0.3 is 0 Å². The molecule has 0 radical (unpaired) electrons. The number of aromatic nitrogens is 3. The molecule has 0 fully saturated rings.